The molecule has 3 fully saturated rings. The van der Waals surface area contributed by atoms with Gasteiger partial charge in [0.05, 0.1) is 37.4 Å². The third kappa shape index (κ3) is 4.11. The van der Waals surface area contributed by atoms with E-state index in [-0.39, 0.29) is 54.8 Å². The first-order chi connectivity index (χ1) is 17.5. The van der Waals surface area contributed by atoms with Gasteiger partial charge in [-0.2, -0.15) is 0 Å². The van der Waals surface area contributed by atoms with E-state index in [0.717, 1.165) is 12.8 Å². The van der Waals surface area contributed by atoms with E-state index in [4.69, 9.17) is 4.74 Å². The van der Waals surface area contributed by atoms with Gasteiger partial charge in [0, 0.05) is 49.4 Å². The Balaban J connectivity index is 1.53. The van der Waals surface area contributed by atoms with Gasteiger partial charge in [-0.05, 0) is 44.1 Å². The van der Waals surface area contributed by atoms with E-state index >= 15 is 0 Å². The molecule has 37 heavy (non-hydrogen) atoms. The first-order valence-electron chi connectivity index (χ1n) is 13.2. The fourth-order valence-electron chi connectivity index (χ4n) is 7.06. The number of rotatable bonds is 5. The number of piperazine rings is 1. The van der Waals surface area contributed by atoms with Crippen molar-refractivity contribution in [3.8, 4) is 0 Å². The first kappa shape index (κ1) is 26.3. The van der Waals surface area contributed by atoms with Crippen LogP contribution in [0.2, 0.25) is 18.6 Å². The number of benzene rings is 1. The lowest BCUT2D eigenvalue weighted by molar-refractivity contribution is -0.149. The van der Waals surface area contributed by atoms with Crippen LogP contribution in [0.4, 0.5) is 11.4 Å². The van der Waals surface area contributed by atoms with Crippen molar-refractivity contribution < 1.29 is 29.0 Å². The third-order valence-corrected chi connectivity index (χ3v) is 11.3. The van der Waals surface area contributed by atoms with Crippen LogP contribution in [0.1, 0.15) is 31.7 Å². The van der Waals surface area contributed by atoms with Crippen LogP contribution < -0.4 is 15.1 Å². The molecule has 4 heterocycles. The van der Waals surface area contributed by atoms with Gasteiger partial charge in [-0.3, -0.25) is 14.4 Å². The zero-order chi connectivity index (χ0) is 26.7. The third-order valence-electron chi connectivity index (χ3n) is 8.78. The number of carbonyl (C=O) groups excluding carboxylic acids is 3. The van der Waals surface area contributed by atoms with Crippen LogP contribution in [0, 0.1) is 5.92 Å². The van der Waals surface area contributed by atoms with Crippen molar-refractivity contribution in [2.45, 2.75) is 62.6 Å². The molecular formula is C26H38N4O6Si. The second kappa shape index (κ2) is 9.46. The second-order valence-electron chi connectivity index (χ2n) is 11.4. The molecule has 202 valence electrons. The lowest BCUT2D eigenvalue weighted by atomic mass is 9.82. The summed E-state index contributed by atoms with van der Waals surface area (Å²) in [5.74, 6) is -0.749. The van der Waals surface area contributed by atoms with Gasteiger partial charge >= 0.3 is 0 Å². The van der Waals surface area contributed by atoms with E-state index in [9.17, 15) is 24.3 Å². The van der Waals surface area contributed by atoms with E-state index in [1.807, 2.05) is 38.2 Å². The van der Waals surface area contributed by atoms with E-state index in [0.29, 0.717) is 36.6 Å². The fourth-order valence-corrected chi connectivity index (χ4v) is 9.62. The molecule has 3 N–H and O–H groups in total. The summed E-state index contributed by atoms with van der Waals surface area (Å²) in [6.07, 6.45) is 1.02. The molecule has 0 radical (unpaired) electrons. The number of hydrogen-bond donors (Lipinski definition) is 3. The molecule has 1 spiro atoms. The summed E-state index contributed by atoms with van der Waals surface area (Å²) in [6, 6.07) is 5.40. The average molecular weight is 531 g/mol. The van der Waals surface area contributed by atoms with E-state index in [1.54, 1.807) is 21.7 Å². The molecule has 1 aromatic rings. The molecule has 5 atom stereocenters. The van der Waals surface area contributed by atoms with Crippen LogP contribution in [0.15, 0.2) is 18.2 Å². The Bertz CT molecular complexity index is 1110. The maximum atomic E-state index is 13.9. The lowest BCUT2D eigenvalue weighted by Gasteiger charge is -2.33. The van der Waals surface area contributed by atoms with Crippen LogP contribution in [-0.4, -0.2) is 92.8 Å². The van der Waals surface area contributed by atoms with Gasteiger partial charge in [-0.15, -0.1) is 0 Å². The van der Waals surface area contributed by atoms with Crippen molar-refractivity contribution in [3.63, 3.8) is 0 Å². The van der Waals surface area contributed by atoms with Gasteiger partial charge in [0.1, 0.15) is 0 Å². The van der Waals surface area contributed by atoms with E-state index < -0.39 is 20.0 Å². The normalized spacial score (nSPS) is 32.1. The van der Waals surface area contributed by atoms with Crippen LogP contribution in [0.25, 0.3) is 0 Å². The lowest BCUT2D eigenvalue weighted by Crippen LogP contribution is -2.48. The Morgan fingerprint density at radius 1 is 1.27 bits per heavy atom. The number of nitrogens with one attached hydrogen (secondary N) is 1. The monoisotopic (exact) mass is 530 g/mol. The highest BCUT2D eigenvalue weighted by Crippen LogP contribution is 2.59. The summed E-state index contributed by atoms with van der Waals surface area (Å²) in [6.45, 7) is 7.59. The molecule has 1 aromatic carbocycles. The number of hydrogen-bond acceptors (Lipinski definition) is 7. The van der Waals surface area contributed by atoms with E-state index in [2.05, 4.69) is 5.32 Å². The number of amides is 3. The number of fused-ring (bicyclic) bond motifs is 2. The van der Waals surface area contributed by atoms with Crippen LogP contribution >= 0.6 is 0 Å². The summed E-state index contributed by atoms with van der Waals surface area (Å²) in [5.41, 5.74) is 0.402. The SMILES string of the molecule is C[C@H]1[C@H]([Si](C)(C)O)[C@@H](CC(=O)N2CCC[C@H]2CO)O[C@]12C(=O)N(C)c1ccc(N3CCNCC3=O)cc12. The van der Waals surface area contributed by atoms with E-state index in [1.165, 1.54) is 0 Å². The van der Waals surface area contributed by atoms with Gasteiger partial charge in [-0.25, -0.2) is 0 Å². The molecule has 5 rings (SSSR count). The molecule has 0 saturated carbocycles. The minimum Gasteiger partial charge on any atom is -0.432 e. The Hall–Kier alpha value is -2.31. The Kier molecular flexibility index (Phi) is 6.72. The topological polar surface area (TPSA) is 123 Å². The van der Waals surface area contributed by atoms with Crippen molar-refractivity contribution in [2.75, 3.05) is 49.6 Å². The quantitative estimate of drug-likeness (QED) is 0.481. The summed E-state index contributed by atoms with van der Waals surface area (Å²) in [7, 11) is -1.18. The molecule has 0 unspecified atom stereocenters. The zero-order valence-corrected chi connectivity index (χ0v) is 23.1. The number of anilines is 2. The van der Waals surface area contributed by atoms with Crippen LogP contribution in [0.3, 0.4) is 0 Å². The van der Waals surface area contributed by atoms with Crippen molar-refractivity contribution in [3.05, 3.63) is 23.8 Å². The Labute approximate surface area is 218 Å². The standard InChI is InChI=1S/C26H38N4O6Si/c1-16-24(37(3,4)35)21(13-22(32)29-10-5-6-18(29)15-31)36-26(16)19-12-17(30-11-9-27-14-23(30)33)7-8-20(19)28(2)25(26)34/h7-8,12,16,18,21,24,27,31,35H,5-6,9-11,13-15H2,1-4H3/t16-,18-,21+,24-,26+/m0/s1. The van der Waals surface area contributed by atoms with Crippen LogP contribution in [0.5, 0.6) is 0 Å². The van der Waals surface area contributed by atoms with Crippen molar-refractivity contribution in [1.82, 2.24) is 10.2 Å². The summed E-state index contributed by atoms with van der Waals surface area (Å²) < 4.78 is 6.70. The number of carbonyl (C=O) groups is 3. The summed E-state index contributed by atoms with van der Waals surface area (Å²) >= 11 is 0. The molecule has 0 aromatic heterocycles. The molecule has 3 saturated heterocycles. The number of nitrogens with zero attached hydrogens (tertiary/aromatic N) is 3. The van der Waals surface area contributed by atoms with Crippen molar-refractivity contribution >= 4 is 37.4 Å². The van der Waals surface area contributed by atoms with Gasteiger partial charge < -0.3 is 34.7 Å². The number of aliphatic hydroxyl groups excluding tert-OH is 1. The minimum atomic E-state index is -2.89. The van der Waals surface area contributed by atoms with Gasteiger partial charge in [-0.1, -0.05) is 6.92 Å². The molecule has 0 bridgehead atoms. The predicted octanol–water partition coefficient (Wildman–Crippen LogP) is 0.770. The molecule has 0 aliphatic carbocycles. The Morgan fingerprint density at radius 3 is 2.70 bits per heavy atom. The smallest absolute Gasteiger partial charge is 0.264 e. The largest absolute Gasteiger partial charge is 0.432 e. The van der Waals surface area contributed by atoms with Gasteiger partial charge in [0.15, 0.2) is 13.9 Å². The maximum Gasteiger partial charge on any atom is 0.264 e. The van der Waals surface area contributed by atoms with Crippen molar-refractivity contribution in [2.24, 2.45) is 5.92 Å². The molecule has 3 amide bonds. The number of ether oxygens (including phenoxy) is 1. The number of likely N-dealkylation sites (tertiary alicyclic amines) is 1. The molecular weight excluding hydrogens is 492 g/mol. The highest BCUT2D eigenvalue weighted by molar-refractivity contribution is 6.71. The second-order valence-corrected chi connectivity index (χ2v) is 15.4. The van der Waals surface area contributed by atoms with Gasteiger partial charge in [0.2, 0.25) is 11.8 Å². The number of likely N-dealkylation sites (N-methyl/N-ethyl adjacent to an activating group) is 1. The molecule has 4 aliphatic rings. The fraction of sp³-hybridized carbons (Fsp3) is 0.654. The highest BCUT2D eigenvalue weighted by atomic mass is 28.4. The Morgan fingerprint density at radius 2 is 2.03 bits per heavy atom. The maximum absolute atomic E-state index is 13.9. The predicted molar refractivity (Wildman–Crippen MR) is 141 cm³/mol. The highest BCUT2D eigenvalue weighted by Gasteiger charge is 2.66. The van der Waals surface area contributed by atoms with Gasteiger partial charge in [0.25, 0.3) is 5.91 Å². The summed E-state index contributed by atoms with van der Waals surface area (Å²) in [4.78, 5) is 56.3. The number of aliphatic hydroxyl groups is 1. The minimum absolute atomic E-state index is 0.0346. The molecule has 10 nitrogen and oxygen atoms in total. The zero-order valence-electron chi connectivity index (χ0n) is 22.1. The average Bonchev–Trinajstić information content (AvgIpc) is 3.50. The molecule has 4 aliphatic heterocycles. The summed E-state index contributed by atoms with van der Waals surface area (Å²) in [5, 5.41) is 12.8. The first-order valence-corrected chi connectivity index (χ1v) is 16.3. The molecule has 11 heteroatoms. The van der Waals surface area contributed by atoms with Crippen LogP contribution in [-0.2, 0) is 24.7 Å². The van der Waals surface area contributed by atoms with Crippen molar-refractivity contribution in [1.29, 1.82) is 0 Å².